The van der Waals surface area contributed by atoms with E-state index in [-0.39, 0.29) is 17.6 Å². The summed E-state index contributed by atoms with van der Waals surface area (Å²) >= 11 is 1.57. The largest absolute Gasteiger partial charge is 0.342 e. The molecule has 26 heavy (non-hydrogen) atoms. The third-order valence-corrected chi connectivity index (χ3v) is 5.95. The Labute approximate surface area is 158 Å². The first kappa shape index (κ1) is 19.2. The van der Waals surface area contributed by atoms with Gasteiger partial charge in [0.25, 0.3) is 0 Å². The number of hydrogen-bond acceptors (Lipinski definition) is 4. The molecule has 0 aromatic heterocycles. The van der Waals surface area contributed by atoms with Crippen LogP contribution in [0.3, 0.4) is 0 Å². The number of carbonyl (C=O) groups excluding carboxylic acids is 2. The van der Waals surface area contributed by atoms with Crippen LogP contribution in [0.4, 0.5) is 4.39 Å². The monoisotopic (exact) mass is 379 g/mol. The Morgan fingerprint density at radius 1 is 0.885 bits per heavy atom. The number of hydrogen-bond donors (Lipinski definition) is 0. The van der Waals surface area contributed by atoms with Crippen molar-refractivity contribution >= 4 is 23.6 Å². The van der Waals surface area contributed by atoms with Gasteiger partial charge in [-0.15, -0.1) is 11.8 Å². The van der Waals surface area contributed by atoms with E-state index in [4.69, 9.17) is 0 Å². The molecule has 2 heterocycles. The summed E-state index contributed by atoms with van der Waals surface area (Å²) in [5.74, 6) is 0.826. The van der Waals surface area contributed by atoms with Crippen LogP contribution < -0.4 is 0 Å². The van der Waals surface area contributed by atoms with E-state index >= 15 is 0 Å². The van der Waals surface area contributed by atoms with Crippen molar-refractivity contribution in [3.63, 3.8) is 0 Å². The summed E-state index contributed by atoms with van der Waals surface area (Å²) in [6, 6.07) is 6.35. The number of amides is 2. The number of carbonyl (C=O) groups is 2. The van der Waals surface area contributed by atoms with Gasteiger partial charge in [-0.05, 0) is 37.1 Å². The summed E-state index contributed by atoms with van der Waals surface area (Å²) in [6.45, 7) is 5.15. The van der Waals surface area contributed by atoms with Gasteiger partial charge in [-0.2, -0.15) is 0 Å². The summed E-state index contributed by atoms with van der Waals surface area (Å²) in [4.78, 5) is 31.5. The first-order valence-electron chi connectivity index (χ1n) is 9.28. The van der Waals surface area contributed by atoms with E-state index in [1.54, 1.807) is 23.9 Å². The predicted octanol–water partition coefficient (Wildman–Crippen LogP) is 2.07. The Hall–Kier alpha value is -1.60. The minimum absolute atomic E-state index is 0.158. The number of nitrogens with zero attached hydrogens (tertiary/aromatic N) is 3. The molecule has 2 aliphatic heterocycles. The number of benzene rings is 1. The van der Waals surface area contributed by atoms with Gasteiger partial charge in [0.1, 0.15) is 5.82 Å². The average Bonchev–Trinajstić information content (AvgIpc) is 3.19. The van der Waals surface area contributed by atoms with E-state index in [0.717, 1.165) is 43.9 Å². The summed E-state index contributed by atoms with van der Waals surface area (Å²) in [6.07, 6.45) is 2.71. The van der Waals surface area contributed by atoms with E-state index in [1.165, 1.54) is 12.1 Å². The molecule has 5 nitrogen and oxygen atoms in total. The Balaban J connectivity index is 1.34. The number of thioether (sulfide) groups is 1. The first-order chi connectivity index (χ1) is 12.6. The van der Waals surface area contributed by atoms with Gasteiger partial charge in [-0.25, -0.2) is 4.39 Å². The van der Waals surface area contributed by atoms with Crippen LogP contribution in [0, 0.1) is 5.82 Å². The van der Waals surface area contributed by atoms with Crippen molar-refractivity contribution in [2.75, 3.05) is 51.6 Å². The fourth-order valence-electron chi connectivity index (χ4n) is 3.36. The van der Waals surface area contributed by atoms with Gasteiger partial charge >= 0.3 is 0 Å². The van der Waals surface area contributed by atoms with Crippen LogP contribution in [-0.4, -0.2) is 78.1 Å². The first-order valence-corrected chi connectivity index (χ1v) is 10.3. The number of piperazine rings is 1. The molecular formula is C19H26FN3O2S. The molecular weight excluding hydrogens is 353 g/mol. The number of rotatable bonds is 6. The van der Waals surface area contributed by atoms with Crippen LogP contribution in [0.5, 0.6) is 0 Å². The molecule has 2 amide bonds. The molecule has 2 fully saturated rings. The van der Waals surface area contributed by atoms with Crippen LogP contribution >= 0.6 is 11.8 Å². The zero-order chi connectivity index (χ0) is 18.4. The molecule has 0 atom stereocenters. The lowest BCUT2D eigenvalue weighted by Crippen LogP contribution is -2.51. The quantitative estimate of drug-likeness (QED) is 0.710. The molecule has 142 valence electrons. The molecule has 0 unspecified atom stereocenters. The summed E-state index contributed by atoms with van der Waals surface area (Å²) in [7, 11) is 0. The van der Waals surface area contributed by atoms with E-state index in [1.807, 2.05) is 9.80 Å². The molecule has 0 bridgehead atoms. The Bertz CT molecular complexity index is 612. The maximum Gasteiger partial charge on any atom is 0.236 e. The topological polar surface area (TPSA) is 43.9 Å². The van der Waals surface area contributed by atoms with E-state index in [2.05, 4.69) is 4.90 Å². The highest BCUT2D eigenvalue weighted by molar-refractivity contribution is 7.99. The minimum Gasteiger partial charge on any atom is -0.342 e. The van der Waals surface area contributed by atoms with Crippen LogP contribution in [0.15, 0.2) is 29.2 Å². The van der Waals surface area contributed by atoms with Gasteiger partial charge in [-0.3, -0.25) is 14.5 Å². The van der Waals surface area contributed by atoms with Crippen LogP contribution in [0.1, 0.15) is 19.3 Å². The van der Waals surface area contributed by atoms with Crippen molar-refractivity contribution in [1.29, 1.82) is 0 Å². The zero-order valence-electron chi connectivity index (χ0n) is 15.0. The fourth-order valence-corrected chi connectivity index (χ4v) is 4.20. The summed E-state index contributed by atoms with van der Waals surface area (Å²) < 4.78 is 12.9. The van der Waals surface area contributed by atoms with Crippen LogP contribution in [0.25, 0.3) is 0 Å². The SMILES string of the molecule is O=C(CCSc1ccc(F)cc1)N1CCN(CC(=O)N2CCCC2)CC1. The summed E-state index contributed by atoms with van der Waals surface area (Å²) in [5.41, 5.74) is 0. The molecule has 0 spiro atoms. The third-order valence-electron chi connectivity index (χ3n) is 4.94. The van der Waals surface area contributed by atoms with Crippen molar-refractivity contribution in [2.45, 2.75) is 24.2 Å². The highest BCUT2D eigenvalue weighted by Gasteiger charge is 2.25. The van der Waals surface area contributed by atoms with E-state index in [9.17, 15) is 14.0 Å². The predicted molar refractivity (Wildman–Crippen MR) is 101 cm³/mol. The molecule has 2 saturated heterocycles. The van der Waals surface area contributed by atoms with Gasteiger partial charge in [-0.1, -0.05) is 0 Å². The van der Waals surface area contributed by atoms with Gasteiger partial charge in [0.2, 0.25) is 11.8 Å². The molecule has 0 aliphatic carbocycles. The highest BCUT2D eigenvalue weighted by atomic mass is 32.2. The second-order valence-electron chi connectivity index (χ2n) is 6.80. The van der Waals surface area contributed by atoms with Crippen LogP contribution in [0.2, 0.25) is 0 Å². The molecule has 0 N–H and O–H groups in total. The Morgan fingerprint density at radius 2 is 1.50 bits per heavy atom. The molecule has 2 aliphatic rings. The smallest absolute Gasteiger partial charge is 0.236 e. The maximum absolute atomic E-state index is 12.9. The van der Waals surface area contributed by atoms with Crippen molar-refractivity contribution in [1.82, 2.24) is 14.7 Å². The van der Waals surface area contributed by atoms with Crippen molar-refractivity contribution in [2.24, 2.45) is 0 Å². The van der Waals surface area contributed by atoms with E-state index < -0.39 is 0 Å². The molecule has 7 heteroatoms. The molecule has 0 radical (unpaired) electrons. The van der Waals surface area contributed by atoms with Crippen molar-refractivity contribution in [3.05, 3.63) is 30.1 Å². The van der Waals surface area contributed by atoms with Gasteiger partial charge in [0, 0.05) is 56.3 Å². The molecule has 1 aromatic rings. The standard InChI is InChI=1S/C19H26FN3O2S/c20-16-3-5-17(6-4-16)26-14-7-18(24)23-12-10-21(11-13-23)15-19(25)22-8-1-2-9-22/h3-6H,1-2,7-15H2. The second-order valence-corrected chi connectivity index (χ2v) is 7.97. The molecule has 3 rings (SSSR count). The average molecular weight is 380 g/mol. The normalized spacial score (nSPS) is 18.3. The second kappa shape index (κ2) is 9.37. The van der Waals surface area contributed by atoms with E-state index in [0.29, 0.717) is 31.8 Å². The summed E-state index contributed by atoms with van der Waals surface area (Å²) in [5, 5.41) is 0. The van der Waals surface area contributed by atoms with Crippen molar-refractivity contribution in [3.8, 4) is 0 Å². The molecule has 0 saturated carbocycles. The lowest BCUT2D eigenvalue weighted by Gasteiger charge is -2.35. The van der Waals surface area contributed by atoms with Crippen molar-refractivity contribution < 1.29 is 14.0 Å². The fraction of sp³-hybridized carbons (Fsp3) is 0.579. The Kier molecular flexibility index (Phi) is 6.91. The van der Waals surface area contributed by atoms with Gasteiger partial charge < -0.3 is 9.80 Å². The third kappa shape index (κ3) is 5.45. The minimum atomic E-state index is -0.244. The number of likely N-dealkylation sites (tertiary alicyclic amines) is 1. The van der Waals surface area contributed by atoms with Gasteiger partial charge in [0.15, 0.2) is 0 Å². The lowest BCUT2D eigenvalue weighted by molar-refractivity contribution is -0.134. The zero-order valence-corrected chi connectivity index (χ0v) is 15.8. The van der Waals surface area contributed by atoms with Crippen LogP contribution in [-0.2, 0) is 9.59 Å². The Morgan fingerprint density at radius 3 is 2.15 bits per heavy atom. The number of halogens is 1. The lowest BCUT2D eigenvalue weighted by atomic mass is 10.3. The van der Waals surface area contributed by atoms with Gasteiger partial charge in [0.05, 0.1) is 6.54 Å². The molecule has 1 aromatic carbocycles. The highest BCUT2D eigenvalue weighted by Crippen LogP contribution is 2.19. The maximum atomic E-state index is 12.9.